The van der Waals surface area contributed by atoms with Gasteiger partial charge in [-0.25, -0.2) is 0 Å². The summed E-state index contributed by atoms with van der Waals surface area (Å²) in [6, 6.07) is 0. The molecular formula is C51H94O10. The van der Waals surface area contributed by atoms with Crippen molar-refractivity contribution in [1.82, 2.24) is 0 Å². The van der Waals surface area contributed by atoms with Crippen molar-refractivity contribution in [3.63, 3.8) is 0 Å². The van der Waals surface area contributed by atoms with Crippen molar-refractivity contribution in [2.45, 2.75) is 269 Å². The summed E-state index contributed by atoms with van der Waals surface area (Å²) in [5, 5.41) is 40.2. The van der Waals surface area contributed by atoms with Crippen LogP contribution in [0.15, 0.2) is 24.3 Å². The molecule has 4 N–H and O–H groups in total. The van der Waals surface area contributed by atoms with Crippen molar-refractivity contribution in [2.24, 2.45) is 0 Å². The summed E-state index contributed by atoms with van der Waals surface area (Å²) in [5.41, 5.74) is 0. The van der Waals surface area contributed by atoms with Gasteiger partial charge >= 0.3 is 11.9 Å². The number of allylic oxidation sites excluding steroid dienone is 4. The quantitative estimate of drug-likeness (QED) is 0.0265. The fourth-order valence-corrected chi connectivity index (χ4v) is 7.82. The van der Waals surface area contributed by atoms with Crippen LogP contribution >= 0.6 is 0 Å². The predicted octanol–water partition coefficient (Wildman–Crippen LogP) is 11.7. The summed E-state index contributed by atoms with van der Waals surface area (Å²) in [5.74, 6) is -0.847. The molecule has 0 aromatic rings. The van der Waals surface area contributed by atoms with Crippen LogP contribution in [-0.4, -0.2) is 89.0 Å². The van der Waals surface area contributed by atoms with Gasteiger partial charge in [0.2, 0.25) is 0 Å². The van der Waals surface area contributed by atoms with Crippen molar-refractivity contribution in [3.05, 3.63) is 24.3 Å². The van der Waals surface area contributed by atoms with Gasteiger partial charge in [0.05, 0.1) is 13.2 Å². The van der Waals surface area contributed by atoms with E-state index in [1.54, 1.807) is 0 Å². The first-order valence-electron chi connectivity index (χ1n) is 25.4. The van der Waals surface area contributed by atoms with Gasteiger partial charge in [0.15, 0.2) is 12.4 Å². The van der Waals surface area contributed by atoms with E-state index in [9.17, 15) is 30.0 Å². The molecule has 0 aliphatic carbocycles. The molecule has 0 amide bonds. The standard InChI is InChI=1S/C51H94O10/c1-3-5-7-9-11-13-15-17-19-21-22-24-25-27-29-31-33-35-37-39-46(53)58-42-44(43-59-51-50(57)49(56)48(55)45(41-52)61-51)60-47(54)40-38-36-34-32-30-28-26-23-20-18-16-14-12-10-8-6-4-2/h26,28,32,34,44-45,48-52,55-57H,3-25,27,29-31,33,35-43H2,1-2H3/b28-26+,34-32+/t44-,45-,48+,49?,50?,51-/m0/s1. The maximum absolute atomic E-state index is 12.8. The van der Waals surface area contributed by atoms with Gasteiger partial charge in [-0.15, -0.1) is 0 Å². The van der Waals surface area contributed by atoms with E-state index in [-0.39, 0.29) is 32.0 Å². The molecule has 0 bridgehead atoms. The van der Waals surface area contributed by atoms with Crippen molar-refractivity contribution in [2.75, 3.05) is 19.8 Å². The second-order valence-electron chi connectivity index (χ2n) is 17.6. The van der Waals surface area contributed by atoms with Crippen molar-refractivity contribution < 1.29 is 49.0 Å². The summed E-state index contributed by atoms with van der Waals surface area (Å²) in [6.07, 6.45) is 40.5. The zero-order valence-electron chi connectivity index (χ0n) is 39.2. The Hall–Kier alpha value is -1.82. The lowest BCUT2D eigenvalue weighted by Gasteiger charge is -2.39. The van der Waals surface area contributed by atoms with Gasteiger partial charge in [-0.05, 0) is 38.5 Å². The number of aliphatic hydroxyl groups excluding tert-OH is 4. The number of aliphatic hydroxyl groups is 4. The fourth-order valence-electron chi connectivity index (χ4n) is 7.82. The highest BCUT2D eigenvalue weighted by atomic mass is 16.7. The summed E-state index contributed by atoms with van der Waals surface area (Å²) in [4.78, 5) is 25.4. The van der Waals surface area contributed by atoms with E-state index in [0.29, 0.717) is 6.42 Å². The first kappa shape index (κ1) is 57.2. The normalized spacial score (nSPS) is 19.9. The molecule has 6 atom stereocenters. The van der Waals surface area contributed by atoms with Crippen LogP contribution in [0.1, 0.15) is 232 Å². The highest BCUT2D eigenvalue weighted by molar-refractivity contribution is 5.70. The second kappa shape index (κ2) is 42.1. The van der Waals surface area contributed by atoms with Crippen LogP contribution < -0.4 is 0 Å². The number of ether oxygens (including phenoxy) is 4. The summed E-state index contributed by atoms with van der Waals surface area (Å²) in [7, 11) is 0. The molecule has 2 unspecified atom stereocenters. The number of hydrogen-bond acceptors (Lipinski definition) is 10. The first-order chi connectivity index (χ1) is 29.8. The predicted molar refractivity (Wildman–Crippen MR) is 247 cm³/mol. The Morgan fingerprint density at radius 2 is 0.934 bits per heavy atom. The molecule has 10 heteroatoms. The lowest BCUT2D eigenvalue weighted by molar-refractivity contribution is -0.305. The molecule has 1 fully saturated rings. The van der Waals surface area contributed by atoms with Crippen molar-refractivity contribution in [1.29, 1.82) is 0 Å². The second-order valence-corrected chi connectivity index (χ2v) is 17.6. The van der Waals surface area contributed by atoms with Crippen LogP contribution in [0.2, 0.25) is 0 Å². The zero-order valence-corrected chi connectivity index (χ0v) is 39.2. The number of esters is 2. The minimum atomic E-state index is -1.60. The molecule has 0 aromatic carbocycles. The number of carbonyl (C=O) groups is 2. The third kappa shape index (κ3) is 33.4. The number of rotatable bonds is 43. The number of carbonyl (C=O) groups excluding carboxylic acids is 2. The van der Waals surface area contributed by atoms with Crippen molar-refractivity contribution in [3.8, 4) is 0 Å². The number of unbranched alkanes of at least 4 members (excludes halogenated alkanes) is 28. The lowest BCUT2D eigenvalue weighted by atomic mass is 9.99. The molecular weight excluding hydrogens is 773 g/mol. The van der Waals surface area contributed by atoms with E-state index in [2.05, 4.69) is 38.2 Å². The molecule has 10 nitrogen and oxygen atoms in total. The monoisotopic (exact) mass is 867 g/mol. The van der Waals surface area contributed by atoms with Gasteiger partial charge in [-0.3, -0.25) is 9.59 Å². The third-order valence-electron chi connectivity index (χ3n) is 11.8. The highest BCUT2D eigenvalue weighted by Crippen LogP contribution is 2.23. The molecule has 61 heavy (non-hydrogen) atoms. The van der Waals surface area contributed by atoms with E-state index in [1.165, 1.54) is 161 Å². The van der Waals surface area contributed by atoms with Crippen LogP contribution in [0.4, 0.5) is 0 Å². The Balaban J connectivity index is 2.28. The Labute approximate surface area is 373 Å². The molecule has 1 aliphatic rings. The Kier molecular flexibility index (Phi) is 39.5. The first-order valence-corrected chi connectivity index (χ1v) is 25.4. The molecule has 0 aromatic heterocycles. The minimum Gasteiger partial charge on any atom is -0.462 e. The van der Waals surface area contributed by atoms with Gasteiger partial charge < -0.3 is 39.4 Å². The zero-order chi connectivity index (χ0) is 44.4. The van der Waals surface area contributed by atoms with Crippen LogP contribution in [-0.2, 0) is 28.5 Å². The topological polar surface area (TPSA) is 152 Å². The van der Waals surface area contributed by atoms with E-state index >= 15 is 0 Å². The van der Waals surface area contributed by atoms with E-state index in [4.69, 9.17) is 18.9 Å². The van der Waals surface area contributed by atoms with E-state index in [1.807, 2.05) is 0 Å². The molecule has 1 heterocycles. The van der Waals surface area contributed by atoms with Crippen LogP contribution in [0.5, 0.6) is 0 Å². The van der Waals surface area contributed by atoms with Gasteiger partial charge in [-0.1, -0.05) is 205 Å². The molecule has 0 radical (unpaired) electrons. The van der Waals surface area contributed by atoms with Crippen LogP contribution in [0, 0.1) is 0 Å². The fraction of sp³-hybridized carbons (Fsp3) is 0.882. The molecule has 358 valence electrons. The van der Waals surface area contributed by atoms with Crippen molar-refractivity contribution >= 4 is 11.9 Å². The average molecular weight is 867 g/mol. The van der Waals surface area contributed by atoms with Gasteiger partial charge in [-0.2, -0.15) is 0 Å². The molecule has 1 rings (SSSR count). The summed E-state index contributed by atoms with van der Waals surface area (Å²) >= 11 is 0. The third-order valence-corrected chi connectivity index (χ3v) is 11.8. The van der Waals surface area contributed by atoms with Gasteiger partial charge in [0.1, 0.15) is 31.0 Å². The Bertz CT molecular complexity index is 1050. The van der Waals surface area contributed by atoms with Crippen LogP contribution in [0.3, 0.4) is 0 Å². The summed E-state index contributed by atoms with van der Waals surface area (Å²) < 4.78 is 22.2. The number of hydrogen-bond donors (Lipinski definition) is 4. The summed E-state index contributed by atoms with van der Waals surface area (Å²) in [6.45, 7) is 3.42. The Morgan fingerprint density at radius 3 is 1.41 bits per heavy atom. The minimum absolute atomic E-state index is 0.169. The Morgan fingerprint density at radius 1 is 0.508 bits per heavy atom. The van der Waals surface area contributed by atoms with E-state index in [0.717, 1.165) is 38.5 Å². The molecule has 0 saturated carbocycles. The molecule has 1 saturated heterocycles. The average Bonchev–Trinajstić information content (AvgIpc) is 3.26. The smallest absolute Gasteiger partial charge is 0.306 e. The molecule has 1 aliphatic heterocycles. The highest BCUT2D eigenvalue weighted by Gasteiger charge is 2.44. The van der Waals surface area contributed by atoms with Crippen LogP contribution in [0.25, 0.3) is 0 Å². The largest absolute Gasteiger partial charge is 0.462 e. The maximum Gasteiger partial charge on any atom is 0.306 e. The molecule has 0 spiro atoms. The van der Waals surface area contributed by atoms with E-state index < -0.39 is 49.4 Å². The SMILES string of the molecule is CCCCCCCCCCC/C=C/C/C=C/CCCC(=O)O[C@@H](COC(=O)CCCCCCCCCCCCCCCCCCCCC)CO[C@H]1O[C@@H](CO)[C@@H](O)C(O)C1O. The van der Waals surface area contributed by atoms with Gasteiger partial charge in [0.25, 0.3) is 0 Å². The lowest BCUT2D eigenvalue weighted by Crippen LogP contribution is -2.59. The maximum atomic E-state index is 12.8. The van der Waals surface area contributed by atoms with Gasteiger partial charge in [0, 0.05) is 12.8 Å².